The summed E-state index contributed by atoms with van der Waals surface area (Å²) in [6.45, 7) is 8.94. The van der Waals surface area contributed by atoms with Crippen LogP contribution >= 0.6 is 0 Å². The fourth-order valence-electron chi connectivity index (χ4n) is 3.11. The van der Waals surface area contributed by atoms with Gasteiger partial charge in [-0.25, -0.2) is 4.98 Å². The predicted molar refractivity (Wildman–Crippen MR) is 119 cm³/mol. The number of aromatic nitrogens is 1. The maximum atomic E-state index is 5.39. The first-order valence-electron chi connectivity index (χ1n) is 9.95. The number of allylic oxidation sites excluding steroid dienone is 2. The van der Waals surface area contributed by atoms with Gasteiger partial charge in [-0.1, -0.05) is 87.0 Å². The second-order valence-electron chi connectivity index (χ2n) is 7.82. The lowest BCUT2D eigenvalue weighted by Gasteiger charge is -2.09. The van der Waals surface area contributed by atoms with Gasteiger partial charge in [0.05, 0.1) is 6.20 Å². The Bertz CT molecular complexity index is 948. The normalized spacial score (nSPS) is 13.4. The highest BCUT2D eigenvalue weighted by Gasteiger charge is 2.04. The highest BCUT2D eigenvalue weighted by atomic mass is 16.3. The molecule has 1 unspecified atom stereocenters. The number of nitrogens with zero attached hydrogens (tertiary/aromatic N) is 1. The van der Waals surface area contributed by atoms with Crippen LogP contribution in [0, 0.1) is 11.8 Å². The lowest BCUT2D eigenvalue weighted by atomic mass is 9.96. The van der Waals surface area contributed by atoms with Gasteiger partial charge in [0, 0.05) is 5.56 Å². The van der Waals surface area contributed by atoms with Gasteiger partial charge in [0.1, 0.15) is 0 Å². The van der Waals surface area contributed by atoms with Gasteiger partial charge in [0.2, 0.25) is 0 Å². The van der Waals surface area contributed by atoms with Gasteiger partial charge >= 0.3 is 0 Å². The van der Waals surface area contributed by atoms with Crippen LogP contribution in [-0.4, -0.2) is 4.98 Å². The third-order valence-corrected chi connectivity index (χ3v) is 5.03. The Hall–Kier alpha value is -2.87. The minimum Gasteiger partial charge on any atom is -0.444 e. The molecule has 1 atom stereocenters. The number of hydrogen-bond donors (Lipinski definition) is 0. The molecule has 2 nitrogen and oxygen atoms in total. The van der Waals surface area contributed by atoms with Crippen molar-refractivity contribution in [2.75, 3.05) is 0 Å². The number of hydrogen-bond acceptors (Lipinski definition) is 2. The first-order valence-corrected chi connectivity index (χ1v) is 9.95. The fraction of sp³-hybridized carbons (Fsp3) is 0.269. The summed E-state index contributed by atoms with van der Waals surface area (Å²) in [5.74, 6) is 1.84. The van der Waals surface area contributed by atoms with E-state index < -0.39 is 0 Å². The maximum absolute atomic E-state index is 5.39. The molecule has 0 fully saturated rings. The van der Waals surface area contributed by atoms with Gasteiger partial charge < -0.3 is 4.42 Å². The monoisotopic (exact) mass is 371 g/mol. The average molecular weight is 372 g/mol. The minimum atomic E-state index is 0.458. The van der Waals surface area contributed by atoms with Crippen molar-refractivity contribution in [1.82, 2.24) is 4.98 Å². The van der Waals surface area contributed by atoms with E-state index in [4.69, 9.17) is 4.42 Å². The van der Waals surface area contributed by atoms with E-state index in [9.17, 15) is 0 Å². The Morgan fingerprint density at radius 1 is 1.04 bits per heavy atom. The van der Waals surface area contributed by atoms with Crippen LogP contribution < -0.4 is 0 Å². The van der Waals surface area contributed by atoms with Crippen LogP contribution in [0.5, 0.6) is 0 Å². The molecule has 0 radical (unpaired) electrons. The summed E-state index contributed by atoms with van der Waals surface area (Å²) < 4.78 is 5.39. The molecule has 0 aliphatic rings. The number of oxazole rings is 1. The molecular weight excluding hydrogens is 342 g/mol. The molecule has 0 N–H and O–H groups in total. The van der Waals surface area contributed by atoms with Crippen molar-refractivity contribution in [3.8, 4) is 11.3 Å². The van der Waals surface area contributed by atoms with E-state index in [-0.39, 0.29) is 0 Å². The lowest BCUT2D eigenvalue weighted by Crippen LogP contribution is -1.96. The molecule has 0 aliphatic carbocycles. The summed E-state index contributed by atoms with van der Waals surface area (Å²) in [6, 6.07) is 17.2. The van der Waals surface area contributed by atoms with Gasteiger partial charge in [0.25, 0.3) is 0 Å². The largest absolute Gasteiger partial charge is 0.444 e. The molecule has 3 aromatic rings. The first kappa shape index (κ1) is 19.9. The van der Waals surface area contributed by atoms with Crippen molar-refractivity contribution in [3.05, 3.63) is 89.5 Å². The molecule has 3 rings (SSSR count). The Balaban J connectivity index is 1.67. The van der Waals surface area contributed by atoms with Gasteiger partial charge in [-0.3, -0.25) is 0 Å². The Morgan fingerprint density at radius 2 is 1.82 bits per heavy atom. The van der Waals surface area contributed by atoms with E-state index in [0.717, 1.165) is 17.7 Å². The van der Waals surface area contributed by atoms with Crippen molar-refractivity contribution in [2.24, 2.45) is 11.8 Å². The second-order valence-corrected chi connectivity index (χ2v) is 7.82. The summed E-state index contributed by atoms with van der Waals surface area (Å²) in [5, 5.41) is 0. The molecule has 1 heterocycles. The fourth-order valence-corrected chi connectivity index (χ4v) is 3.11. The van der Waals surface area contributed by atoms with Crippen molar-refractivity contribution in [3.63, 3.8) is 0 Å². The SMILES string of the molecule is C/C(=C\c1cccc(CC(C)/C=C/c2cccc(-c3cnco3)c2)c1)C(C)C. The molecule has 0 bridgehead atoms. The molecule has 1 aromatic heterocycles. The molecule has 2 heteroatoms. The maximum Gasteiger partial charge on any atom is 0.181 e. The first-order chi connectivity index (χ1) is 13.5. The van der Waals surface area contributed by atoms with Crippen molar-refractivity contribution >= 4 is 12.2 Å². The third-order valence-electron chi connectivity index (χ3n) is 5.03. The predicted octanol–water partition coefficient (Wildman–Crippen LogP) is 7.29. The van der Waals surface area contributed by atoms with Crippen LogP contribution in [-0.2, 0) is 6.42 Å². The second kappa shape index (κ2) is 9.36. The van der Waals surface area contributed by atoms with E-state index in [0.29, 0.717) is 11.8 Å². The third kappa shape index (κ3) is 5.56. The van der Waals surface area contributed by atoms with E-state index >= 15 is 0 Å². The van der Waals surface area contributed by atoms with E-state index in [1.54, 1.807) is 6.20 Å². The summed E-state index contributed by atoms with van der Waals surface area (Å²) in [5.41, 5.74) is 6.30. The highest BCUT2D eigenvalue weighted by Crippen LogP contribution is 2.21. The zero-order valence-electron chi connectivity index (χ0n) is 17.2. The summed E-state index contributed by atoms with van der Waals surface area (Å²) in [6.07, 6.45) is 11.0. The quantitative estimate of drug-likeness (QED) is 0.436. The molecule has 0 amide bonds. The van der Waals surface area contributed by atoms with E-state index in [1.807, 2.05) is 6.07 Å². The van der Waals surface area contributed by atoms with Crippen molar-refractivity contribution < 1.29 is 4.42 Å². The molecule has 0 aliphatic heterocycles. The summed E-state index contributed by atoms with van der Waals surface area (Å²) >= 11 is 0. The smallest absolute Gasteiger partial charge is 0.181 e. The Morgan fingerprint density at radius 3 is 2.57 bits per heavy atom. The zero-order valence-corrected chi connectivity index (χ0v) is 17.2. The summed E-state index contributed by atoms with van der Waals surface area (Å²) in [7, 11) is 0. The number of rotatable bonds is 7. The van der Waals surface area contributed by atoms with Crippen molar-refractivity contribution in [1.29, 1.82) is 0 Å². The van der Waals surface area contributed by atoms with Crippen LogP contribution in [0.25, 0.3) is 23.5 Å². The number of benzene rings is 2. The van der Waals surface area contributed by atoms with Crippen LogP contribution in [0.4, 0.5) is 0 Å². The molecular formula is C26H29NO. The Labute approximate surface area is 168 Å². The van der Waals surface area contributed by atoms with Crippen LogP contribution in [0.15, 0.2) is 77.2 Å². The average Bonchev–Trinajstić information content (AvgIpc) is 3.22. The minimum absolute atomic E-state index is 0.458. The molecule has 144 valence electrons. The summed E-state index contributed by atoms with van der Waals surface area (Å²) in [4.78, 5) is 3.99. The molecule has 2 aromatic carbocycles. The van der Waals surface area contributed by atoms with Gasteiger partial charge in [-0.05, 0) is 47.9 Å². The highest BCUT2D eigenvalue weighted by molar-refractivity contribution is 5.62. The molecule has 0 saturated heterocycles. The molecule has 28 heavy (non-hydrogen) atoms. The van der Waals surface area contributed by atoms with E-state index in [2.05, 4.69) is 93.4 Å². The van der Waals surface area contributed by atoms with Gasteiger partial charge in [0.15, 0.2) is 12.2 Å². The zero-order chi connectivity index (χ0) is 19.9. The van der Waals surface area contributed by atoms with Crippen LogP contribution in [0.1, 0.15) is 44.4 Å². The van der Waals surface area contributed by atoms with Gasteiger partial charge in [-0.15, -0.1) is 0 Å². The topological polar surface area (TPSA) is 26.0 Å². The van der Waals surface area contributed by atoms with Gasteiger partial charge in [-0.2, -0.15) is 0 Å². The van der Waals surface area contributed by atoms with Crippen LogP contribution in [0.3, 0.4) is 0 Å². The molecule has 0 spiro atoms. The van der Waals surface area contributed by atoms with E-state index in [1.165, 1.54) is 28.7 Å². The lowest BCUT2D eigenvalue weighted by molar-refractivity contribution is 0.572. The molecule has 0 saturated carbocycles. The van der Waals surface area contributed by atoms with Crippen molar-refractivity contribution in [2.45, 2.75) is 34.1 Å². The Kier molecular flexibility index (Phi) is 6.65. The van der Waals surface area contributed by atoms with Crippen LogP contribution in [0.2, 0.25) is 0 Å². The standard InChI is InChI=1S/C26H29NO/c1-19(2)21(4)14-24-9-5-8-23(15-24)13-20(3)11-12-22-7-6-10-25(16-22)26-17-27-18-28-26/h5-12,14-20H,13H2,1-4H3/b12-11+,21-14+.